The molecule has 0 aliphatic carbocycles. The average Bonchev–Trinajstić information content (AvgIpc) is 2.98. The smallest absolute Gasteiger partial charge is 0.188 e. The molecule has 3 rings (SSSR count). The van der Waals surface area contributed by atoms with Crippen LogP contribution >= 0.6 is 11.3 Å². The zero-order valence-electron chi connectivity index (χ0n) is 13.3. The molecule has 1 fully saturated rings. The fraction of sp³-hybridized carbons (Fsp3) is 0.562. The lowest BCUT2D eigenvalue weighted by Crippen LogP contribution is -2.46. The van der Waals surface area contributed by atoms with Crippen molar-refractivity contribution in [1.29, 1.82) is 0 Å². The summed E-state index contributed by atoms with van der Waals surface area (Å²) in [6.45, 7) is 11.3. The van der Waals surface area contributed by atoms with Gasteiger partial charge in [0.1, 0.15) is 0 Å². The van der Waals surface area contributed by atoms with Gasteiger partial charge < -0.3 is 4.90 Å². The Balaban J connectivity index is 1.54. The SMILES string of the molecule is CC(C)CN1CCN(Cc2csc(-c3ncccn3)n2)CC1. The molecular weight excluding hydrogens is 294 g/mol. The summed E-state index contributed by atoms with van der Waals surface area (Å²) in [5, 5.41) is 3.04. The zero-order valence-corrected chi connectivity index (χ0v) is 14.1. The first kappa shape index (κ1) is 15.5. The normalized spacial score (nSPS) is 17.2. The minimum atomic E-state index is 0.723. The highest BCUT2D eigenvalue weighted by molar-refractivity contribution is 7.13. The molecule has 6 heteroatoms. The van der Waals surface area contributed by atoms with Gasteiger partial charge in [0.15, 0.2) is 10.8 Å². The van der Waals surface area contributed by atoms with Gasteiger partial charge in [-0.15, -0.1) is 11.3 Å². The molecule has 5 nitrogen and oxygen atoms in total. The van der Waals surface area contributed by atoms with E-state index < -0.39 is 0 Å². The third-order valence-electron chi connectivity index (χ3n) is 3.78. The summed E-state index contributed by atoms with van der Waals surface area (Å²) >= 11 is 1.63. The third-order valence-corrected chi connectivity index (χ3v) is 4.67. The molecule has 1 aliphatic rings. The Labute approximate surface area is 136 Å². The molecule has 0 saturated carbocycles. The Morgan fingerprint density at radius 3 is 2.45 bits per heavy atom. The van der Waals surface area contributed by atoms with E-state index in [1.807, 2.05) is 6.07 Å². The Kier molecular flexibility index (Phi) is 5.12. The first-order valence-electron chi connectivity index (χ1n) is 7.87. The van der Waals surface area contributed by atoms with Gasteiger partial charge in [0.25, 0.3) is 0 Å². The number of piperazine rings is 1. The molecule has 0 spiro atoms. The van der Waals surface area contributed by atoms with Crippen LogP contribution in [-0.4, -0.2) is 57.5 Å². The Bertz CT molecular complexity index is 575. The van der Waals surface area contributed by atoms with E-state index in [0.29, 0.717) is 0 Å². The summed E-state index contributed by atoms with van der Waals surface area (Å²) in [6, 6.07) is 1.83. The maximum Gasteiger partial charge on any atom is 0.188 e. The monoisotopic (exact) mass is 317 g/mol. The van der Waals surface area contributed by atoms with Crippen molar-refractivity contribution in [3.05, 3.63) is 29.5 Å². The summed E-state index contributed by atoms with van der Waals surface area (Å²) in [5.74, 6) is 1.47. The summed E-state index contributed by atoms with van der Waals surface area (Å²) in [6.07, 6.45) is 3.52. The molecule has 0 atom stereocenters. The molecule has 3 heterocycles. The lowest BCUT2D eigenvalue weighted by molar-refractivity contribution is 0.116. The van der Waals surface area contributed by atoms with Crippen molar-refractivity contribution in [2.75, 3.05) is 32.7 Å². The Morgan fingerprint density at radius 1 is 1.09 bits per heavy atom. The van der Waals surface area contributed by atoms with Crippen molar-refractivity contribution < 1.29 is 0 Å². The van der Waals surface area contributed by atoms with Crippen molar-refractivity contribution in [2.24, 2.45) is 5.92 Å². The predicted molar refractivity (Wildman–Crippen MR) is 89.7 cm³/mol. The van der Waals surface area contributed by atoms with Crippen LogP contribution < -0.4 is 0 Å². The largest absolute Gasteiger partial charge is 0.301 e. The number of hydrogen-bond acceptors (Lipinski definition) is 6. The van der Waals surface area contributed by atoms with Crippen LogP contribution in [0.4, 0.5) is 0 Å². The van der Waals surface area contributed by atoms with Crippen LogP contribution in [0, 0.1) is 5.92 Å². The number of nitrogens with zero attached hydrogens (tertiary/aromatic N) is 5. The van der Waals surface area contributed by atoms with E-state index in [1.54, 1.807) is 23.7 Å². The second kappa shape index (κ2) is 7.26. The molecule has 0 unspecified atom stereocenters. The molecule has 1 saturated heterocycles. The Morgan fingerprint density at radius 2 is 1.77 bits per heavy atom. The quantitative estimate of drug-likeness (QED) is 0.847. The van der Waals surface area contributed by atoms with Gasteiger partial charge in [-0.3, -0.25) is 4.90 Å². The lowest BCUT2D eigenvalue weighted by atomic mass is 10.2. The predicted octanol–water partition coefficient (Wildman–Crippen LogP) is 2.37. The molecule has 1 aliphatic heterocycles. The van der Waals surface area contributed by atoms with Crippen molar-refractivity contribution in [3.8, 4) is 10.8 Å². The summed E-state index contributed by atoms with van der Waals surface area (Å²) < 4.78 is 0. The Hall–Kier alpha value is -1.37. The van der Waals surface area contributed by atoms with Gasteiger partial charge in [0.2, 0.25) is 0 Å². The van der Waals surface area contributed by atoms with Gasteiger partial charge in [0.05, 0.1) is 5.69 Å². The molecule has 118 valence electrons. The first-order chi connectivity index (χ1) is 10.7. The van der Waals surface area contributed by atoms with E-state index in [4.69, 9.17) is 0 Å². The van der Waals surface area contributed by atoms with Gasteiger partial charge in [-0.25, -0.2) is 15.0 Å². The van der Waals surface area contributed by atoms with E-state index in [9.17, 15) is 0 Å². The van der Waals surface area contributed by atoms with Crippen molar-refractivity contribution >= 4 is 11.3 Å². The van der Waals surface area contributed by atoms with Crippen molar-refractivity contribution in [3.63, 3.8) is 0 Å². The molecule has 2 aromatic heterocycles. The van der Waals surface area contributed by atoms with E-state index in [0.717, 1.165) is 55.2 Å². The summed E-state index contributed by atoms with van der Waals surface area (Å²) in [4.78, 5) is 18.3. The molecule has 0 N–H and O–H groups in total. The molecule has 0 aromatic carbocycles. The minimum Gasteiger partial charge on any atom is -0.301 e. The van der Waals surface area contributed by atoms with Gasteiger partial charge in [0, 0.05) is 57.0 Å². The molecular formula is C16H23N5S. The van der Waals surface area contributed by atoms with E-state index >= 15 is 0 Å². The van der Waals surface area contributed by atoms with Crippen LogP contribution in [0.2, 0.25) is 0 Å². The van der Waals surface area contributed by atoms with Crippen molar-refractivity contribution in [2.45, 2.75) is 20.4 Å². The van der Waals surface area contributed by atoms with Crippen LogP contribution in [0.5, 0.6) is 0 Å². The van der Waals surface area contributed by atoms with E-state index in [-0.39, 0.29) is 0 Å². The highest BCUT2D eigenvalue weighted by Gasteiger charge is 2.18. The second-order valence-electron chi connectivity index (χ2n) is 6.19. The van der Waals surface area contributed by atoms with Gasteiger partial charge in [-0.1, -0.05) is 13.8 Å². The molecule has 0 amide bonds. The average molecular weight is 317 g/mol. The van der Waals surface area contributed by atoms with Crippen LogP contribution in [0.1, 0.15) is 19.5 Å². The van der Waals surface area contributed by atoms with Crippen LogP contribution in [0.25, 0.3) is 10.8 Å². The molecule has 22 heavy (non-hydrogen) atoms. The molecule has 2 aromatic rings. The second-order valence-corrected chi connectivity index (χ2v) is 7.05. The third kappa shape index (κ3) is 4.09. The number of rotatable bonds is 5. The van der Waals surface area contributed by atoms with Crippen LogP contribution in [0.15, 0.2) is 23.8 Å². The summed E-state index contributed by atoms with van der Waals surface area (Å²) in [5.41, 5.74) is 1.13. The number of aromatic nitrogens is 3. The zero-order chi connectivity index (χ0) is 15.4. The number of thiazole rings is 1. The highest BCUT2D eigenvalue weighted by atomic mass is 32.1. The van der Waals surface area contributed by atoms with E-state index in [1.165, 1.54) is 6.54 Å². The van der Waals surface area contributed by atoms with Crippen LogP contribution in [0.3, 0.4) is 0 Å². The van der Waals surface area contributed by atoms with Gasteiger partial charge in [-0.2, -0.15) is 0 Å². The lowest BCUT2D eigenvalue weighted by Gasteiger charge is -2.35. The molecule has 0 radical (unpaired) electrons. The standard InChI is InChI=1S/C16H23N5S/c1-13(2)10-20-6-8-21(9-7-20)11-14-12-22-16(19-14)15-17-4-3-5-18-15/h3-5,12-13H,6-11H2,1-2H3. The fourth-order valence-corrected chi connectivity index (χ4v) is 3.52. The van der Waals surface area contributed by atoms with Gasteiger partial charge in [-0.05, 0) is 12.0 Å². The van der Waals surface area contributed by atoms with E-state index in [2.05, 4.69) is 44.0 Å². The maximum atomic E-state index is 4.68. The highest BCUT2D eigenvalue weighted by Crippen LogP contribution is 2.20. The first-order valence-corrected chi connectivity index (χ1v) is 8.75. The fourth-order valence-electron chi connectivity index (χ4n) is 2.77. The van der Waals surface area contributed by atoms with Crippen LogP contribution in [-0.2, 0) is 6.54 Å². The minimum absolute atomic E-state index is 0.723. The van der Waals surface area contributed by atoms with Crippen molar-refractivity contribution in [1.82, 2.24) is 24.8 Å². The van der Waals surface area contributed by atoms with Gasteiger partial charge >= 0.3 is 0 Å². The summed E-state index contributed by atoms with van der Waals surface area (Å²) in [7, 11) is 0. The topological polar surface area (TPSA) is 45.2 Å². The number of hydrogen-bond donors (Lipinski definition) is 0. The maximum absolute atomic E-state index is 4.68. The molecule has 0 bridgehead atoms.